The summed E-state index contributed by atoms with van der Waals surface area (Å²) in [4.78, 5) is 0. The number of hydrogen-bond acceptors (Lipinski definition) is 1. The first-order valence-corrected chi connectivity index (χ1v) is 7.10. The molecule has 2 aliphatic carbocycles. The van der Waals surface area contributed by atoms with Gasteiger partial charge in [0.25, 0.3) is 0 Å². The molecule has 3 unspecified atom stereocenters. The van der Waals surface area contributed by atoms with E-state index in [4.69, 9.17) is 0 Å². The predicted octanol–water partition coefficient (Wildman–Crippen LogP) is 3.66. The summed E-state index contributed by atoms with van der Waals surface area (Å²) in [5.74, 6) is 1.27. The Kier molecular flexibility index (Phi) is 3.19. The van der Waals surface area contributed by atoms with E-state index in [9.17, 15) is 5.11 Å². The van der Waals surface area contributed by atoms with Gasteiger partial charge in [-0.1, -0.05) is 30.7 Å². The molecule has 3 atom stereocenters. The lowest BCUT2D eigenvalue weighted by molar-refractivity contribution is 0.122. The monoisotopic (exact) mass is 230 g/mol. The van der Waals surface area contributed by atoms with Gasteiger partial charge in [-0.25, -0.2) is 0 Å². The Morgan fingerprint density at radius 1 is 1.06 bits per heavy atom. The molecule has 0 aliphatic heterocycles. The van der Waals surface area contributed by atoms with Crippen molar-refractivity contribution in [2.75, 3.05) is 0 Å². The van der Waals surface area contributed by atoms with Crippen molar-refractivity contribution in [2.24, 2.45) is 5.92 Å². The van der Waals surface area contributed by atoms with Crippen molar-refractivity contribution < 1.29 is 5.11 Å². The fourth-order valence-electron chi connectivity index (χ4n) is 3.76. The van der Waals surface area contributed by atoms with Crippen LogP contribution < -0.4 is 0 Å². The minimum Gasteiger partial charge on any atom is -0.393 e. The zero-order chi connectivity index (χ0) is 11.7. The molecule has 2 aliphatic rings. The Bertz CT molecular complexity index is 385. The first kappa shape index (κ1) is 11.3. The SMILES string of the molecule is OC1CCCC1CC1CCCc2ccccc21. The molecule has 0 heterocycles. The van der Waals surface area contributed by atoms with E-state index in [1.165, 1.54) is 38.5 Å². The number of benzene rings is 1. The van der Waals surface area contributed by atoms with Gasteiger partial charge < -0.3 is 5.11 Å². The van der Waals surface area contributed by atoms with E-state index in [1.54, 1.807) is 11.1 Å². The van der Waals surface area contributed by atoms with Gasteiger partial charge in [0.1, 0.15) is 0 Å². The molecule has 0 amide bonds. The van der Waals surface area contributed by atoms with Crippen LogP contribution in [0.15, 0.2) is 24.3 Å². The van der Waals surface area contributed by atoms with Gasteiger partial charge in [0, 0.05) is 0 Å². The second-order valence-corrected chi connectivity index (χ2v) is 5.78. The summed E-state index contributed by atoms with van der Waals surface area (Å²) in [5.41, 5.74) is 3.12. The van der Waals surface area contributed by atoms with Gasteiger partial charge in [-0.05, 0) is 61.5 Å². The first-order valence-electron chi connectivity index (χ1n) is 7.10. The van der Waals surface area contributed by atoms with Crippen LogP contribution in [0.1, 0.15) is 55.6 Å². The van der Waals surface area contributed by atoms with Crippen LogP contribution in [-0.4, -0.2) is 11.2 Å². The van der Waals surface area contributed by atoms with Crippen molar-refractivity contribution >= 4 is 0 Å². The highest BCUT2D eigenvalue weighted by Crippen LogP contribution is 2.40. The topological polar surface area (TPSA) is 20.2 Å². The molecule has 1 fully saturated rings. The van der Waals surface area contributed by atoms with Crippen molar-refractivity contribution in [3.05, 3.63) is 35.4 Å². The number of aliphatic hydroxyl groups is 1. The molecule has 0 aromatic heterocycles. The van der Waals surface area contributed by atoms with Crippen LogP contribution >= 0.6 is 0 Å². The van der Waals surface area contributed by atoms with Crippen LogP contribution in [-0.2, 0) is 6.42 Å². The van der Waals surface area contributed by atoms with Crippen LogP contribution in [0.2, 0.25) is 0 Å². The van der Waals surface area contributed by atoms with Gasteiger partial charge in [0.05, 0.1) is 6.10 Å². The molecular weight excluding hydrogens is 208 g/mol. The summed E-state index contributed by atoms with van der Waals surface area (Å²) in [5, 5.41) is 9.97. The molecule has 1 aromatic carbocycles. The standard InChI is InChI=1S/C16H22O/c17-16-10-4-8-14(16)11-13-7-3-6-12-5-1-2-9-15(12)13/h1-2,5,9,13-14,16-17H,3-4,6-8,10-11H2. The fourth-order valence-corrected chi connectivity index (χ4v) is 3.76. The summed E-state index contributed by atoms with van der Waals surface area (Å²) >= 11 is 0. The third-order valence-corrected chi connectivity index (χ3v) is 4.70. The Labute approximate surface area is 104 Å². The second-order valence-electron chi connectivity index (χ2n) is 5.78. The predicted molar refractivity (Wildman–Crippen MR) is 70.1 cm³/mol. The van der Waals surface area contributed by atoms with E-state index in [0.29, 0.717) is 11.8 Å². The Hall–Kier alpha value is -0.820. The number of fused-ring (bicyclic) bond motifs is 1. The molecule has 1 nitrogen and oxygen atoms in total. The van der Waals surface area contributed by atoms with Crippen LogP contribution in [0.5, 0.6) is 0 Å². The molecule has 1 aromatic rings. The van der Waals surface area contributed by atoms with E-state index >= 15 is 0 Å². The normalized spacial score (nSPS) is 32.4. The van der Waals surface area contributed by atoms with E-state index in [0.717, 1.165) is 6.42 Å². The highest BCUT2D eigenvalue weighted by Gasteiger charge is 2.30. The van der Waals surface area contributed by atoms with Crippen LogP contribution in [0.4, 0.5) is 0 Å². The zero-order valence-electron chi connectivity index (χ0n) is 10.4. The summed E-state index contributed by atoms with van der Waals surface area (Å²) < 4.78 is 0. The molecule has 1 N–H and O–H groups in total. The number of rotatable bonds is 2. The van der Waals surface area contributed by atoms with Crippen LogP contribution in [0.3, 0.4) is 0 Å². The summed E-state index contributed by atoms with van der Waals surface area (Å²) in [6.07, 6.45) is 8.56. The third kappa shape index (κ3) is 2.26. The highest BCUT2D eigenvalue weighted by molar-refractivity contribution is 5.32. The smallest absolute Gasteiger partial charge is 0.0568 e. The van der Waals surface area contributed by atoms with E-state index < -0.39 is 0 Å². The highest BCUT2D eigenvalue weighted by atomic mass is 16.3. The zero-order valence-corrected chi connectivity index (χ0v) is 10.4. The Balaban J connectivity index is 1.76. The molecular formula is C16H22O. The molecule has 0 saturated heterocycles. The minimum atomic E-state index is -0.0240. The maximum atomic E-state index is 9.97. The van der Waals surface area contributed by atoms with Gasteiger partial charge in [-0.3, -0.25) is 0 Å². The van der Waals surface area contributed by atoms with Crippen LogP contribution in [0, 0.1) is 5.92 Å². The summed E-state index contributed by atoms with van der Waals surface area (Å²) in [7, 11) is 0. The van der Waals surface area contributed by atoms with Crippen molar-refractivity contribution in [1.29, 1.82) is 0 Å². The molecule has 0 radical (unpaired) electrons. The van der Waals surface area contributed by atoms with Gasteiger partial charge in [-0.15, -0.1) is 0 Å². The summed E-state index contributed by atoms with van der Waals surface area (Å²) in [6.45, 7) is 0. The molecule has 1 heteroatoms. The summed E-state index contributed by atoms with van der Waals surface area (Å²) in [6, 6.07) is 8.92. The van der Waals surface area contributed by atoms with E-state index in [1.807, 2.05) is 0 Å². The quantitative estimate of drug-likeness (QED) is 0.822. The van der Waals surface area contributed by atoms with Crippen molar-refractivity contribution in [3.63, 3.8) is 0 Å². The first-order chi connectivity index (χ1) is 8.34. The minimum absolute atomic E-state index is 0.0240. The van der Waals surface area contributed by atoms with Crippen molar-refractivity contribution in [1.82, 2.24) is 0 Å². The Morgan fingerprint density at radius 3 is 2.76 bits per heavy atom. The average Bonchev–Trinajstić information content (AvgIpc) is 2.76. The van der Waals surface area contributed by atoms with E-state index in [2.05, 4.69) is 24.3 Å². The van der Waals surface area contributed by atoms with Gasteiger partial charge in [-0.2, -0.15) is 0 Å². The maximum absolute atomic E-state index is 9.97. The molecule has 0 bridgehead atoms. The largest absolute Gasteiger partial charge is 0.393 e. The third-order valence-electron chi connectivity index (χ3n) is 4.70. The average molecular weight is 230 g/mol. The second kappa shape index (κ2) is 4.81. The van der Waals surface area contributed by atoms with Crippen molar-refractivity contribution in [3.8, 4) is 0 Å². The van der Waals surface area contributed by atoms with Gasteiger partial charge in [0.2, 0.25) is 0 Å². The maximum Gasteiger partial charge on any atom is 0.0568 e. The molecule has 3 rings (SSSR count). The molecule has 92 valence electrons. The van der Waals surface area contributed by atoms with Crippen LogP contribution in [0.25, 0.3) is 0 Å². The molecule has 1 saturated carbocycles. The lowest BCUT2D eigenvalue weighted by Gasteiger charge is -2.28. The lowest BCUT2D eigenvalue weighted by Crippen LogP contribution is -2.19. The van der Waals surface area contributed by atoms with Gasteiger partial charge in [0.15, 0.2) is 0 Å². The number of hydrogen-bond donors (Lipinski definition) is 1. The van der Waals surface area contributed by atoms with Gasteiger partial charge >= 0.3 is 0 Å². The molecule has 17 heavy (non-hydrogen) atoms. The number of aliphatic hydroxyl groups excluding tert-OH is 1. The van der Waals surface area contributed by atoms with E-state index in [-0.39, 0.29) is 6.10 Å². The molecule has 0 spiro atoms. The Morgan fingerprint density at radius 2 is 1.94 bits per heavy atom. The lowest BCUT2D eigenvalue weighted by atomic mass is 9.77. The number of aryl methyl sites for hydroxylation is 1. The fraction of sp³-hybridized carbons (Fsp3) is 0.625. The van der Waals surface area contributed by atoms with Crippen molar-refractivity contribution in [2.45, 2.75) is 57.0 Å².